The number of rotatable bonds is 1. The van der Waals surface area contributed by atoms with E-state index in [9.17, 15) is 0 Å². The first-order chi connectivity index (χ1) is 6.08. The van der Waals surface area contributed by atoms with E-state index < -0.39 is 0 Å². The molecule has 0 radical (unpaired) electrons. The monoisotopic (exact) mass is 194 g/mol. The molecule has 0 saturated heterocycles. The highest BCUT2D eigenvalue weighted by Gasteiger charge is 2.29. The van der Waals surface area contributed by atoms with Crippen LogP contribution < -0.4 is 5.32 Å². The number of nitrogens with one attached hydrogen (secondary N) is 1. The van der Waals surface area contributed by atoms with Crippen molar-refractivity contribution >= 4 is 22.9 Å². The average Bonchev–Trinajstić information content (AvgIpc) is 2.56. The first-order valence-electron chi connectivity index (χ1n) is 4.05. The molecule has 4 heteroatoms. The van der Waals surface area contributed by atoms with Crippen LogP contribution in [0.3, 0.4) is 0 Å². The molecular weight excluding hydrogens is 184 g/mol. The lowest BCUT2D eigenvalue weighted by Crippen LogP contribution is -2.35. The largest absolute Gasteiger partial charge is 0.463 e. The molecule has 3 nitrogen and oxygen atoms in total. The molecule has 1 aromatic rings. The number of furan rings is 1. The minimum absolute atomic E-state index is 0.306. The third-order valence-electron chi connectivity index (χ3n) is 1.78. The van der Waals surface area contributed by atoms with Crippen LogP contribution in [0.4, 0.5) is 0 Å². The fraction of sp³-hybridized carbons (Fsp3) is 0.333. The second-order valence-electron chi connectivity index (χ2n) is 3.45. The summed E-state index contributed by atoms with van der Waals surface area (Å²) in [5.74, 6) is 0.725. The van der Waals surface area contributed by atoms with Gasteiger partial charge >= 0.3 is 0 Å². The van der Waals surface area contributed by atoms with Crippen LogP contribution in [0.5, 0.6) is 0 Å². The summed E-state index contributed by atoms with van der Waals surface area (Å²) in [4.78, 5) is 5.07. The zero-order chi connectivity index (χ0) is 9.47. The van der Waals surface area contributed by atoms with E-state index in [0.29, 0.717) is 4.99 Å². The Morgan fingerprint density at radius 2 is 2.31 bits per heavy atom. The van der Waals surface area contributed by atoms with Crippen molar-refractivity contribution in [3.63, 3.8) is 0 Å². The third-order valence-corrected chi connectivity index (χ3v) is 2.08. The molecule has 0 fully saturated rings. The van der Waals surface area contributed by atoms with Gasteiger partial charge in [0.15, 0.2) is 5.76 Å². The number of thiocarbonyl (C=S) groups is 1. The van der Waals surface area contributed by atoms with Gasteiger partial charge in [-0.25, -0.2) is 0 Å². The van der Waals surface area contributed by atoms with Crippen LogP contribution >= 0.6 is 12.2 Å². The molecule has 1 aromatic heterocycles. The Morgan fingerprint density at radius 1 is 1.54 bits per heavy atom. The smallest absolute Gasteiger partial charge is 0.154 e. The first-order valence-corrected chi connectivity index (χ1v) is 4.45. The number of aliphatic imine (C=N–C) groups is 1. The van der Waals surface area contributed by atoms with Crippen molar-refractivity contribution < 1.29 is 4.42 Å². The predicted octanol–water partition coefficient (Wildman–Crippen LogP) is 1.74. The highest BCUT2D eigenvalue weighted by Crippen LogP contribution is 2.17. The molecule has 0 spiro atoms. The summed E-state index contributed by atoms with van der Waals surface area (Å²) < 4.78 is 5.22. The maximum atomic E-state index is 5.22. The Balaban J connectivity index is 2.40. The summed E-state index contributed by atoms with van der Waals surface area (Å²) in [7, 11) is 0. The highest BCUT2D eigenvalue weighted by atomic mass is 32.1. The molecule has 0 bridgehead atoms. The second kappa shape index (κ2) is 2.67. The first kappa shape index (κ1) is 8.44. The van der Waals surface area contributed by atoms with Gasteiger partial charge in [-0.15, -0.1) is 0 Å². The van der Waals surface area contributed by atoms with Crippen molar-refractivity contribution in [2.75, 3.05) is 0 Å². The Labute approximate surface area is 81.8 Å². The molecule has 2 rings (SSSR count). The van der Waals surface area contributed by atoms with Crippen molar-refractivity contribution in [3.05, 3.63) is 24.2 Å². The molecule has 1 N–H and O–H groups in total. The van der Waals surface area contributed by atoms with Crippen LogP contribution in [-0.2, 0) is 0 Å². The van der Waals surface area contributed by atoms with E-state index in [-0.39, 0.29) is 5.66 Å². The van der Waals surface area contributed by atoms with Crippen molar-refractivity contribution in [1.82, 2.24) is 5.32 Å². The molecule has 13 heavy (non-hydrogen) atoms. The van der Waals surface area contributed by atoms with Crippen LogP contribution in [0.15, 0.2) is 27.8 Å². The van der Waals surface area contributed by atoms with Gasteiger partial charge in [-0.05, 0) is 26.0 Å². The summed E-state index contributed by atoms with van der Waals surface area (Å²) in [6.07, 6.45) is 1.62. The van der Waals surface area contributed by atoms with Crippen molar-refractivity contribution in [2.24, 2.45) is 4.99 Å². The molecule has 1 aliphatic rings. The minimum atomic E-state index is -0.306. The van der Waals surface area contributed by atoms with Crippen molar-refractivity contribution in [3.8, 4) is 0 Å². The van der Waals surface area contributed by atoms with Gasteiger partial charge in [0.05, 0.1) is 6.26 Å². The van der Waals surface area contributed by atoms with Crippen LogP contribution in [0, 0.1) is 0 Å². The standard InChI is InChI=1S/C9H10N2OS/c1-9(2)10-7(8(13)11-9)6-4-3-5-12-6/h3-5H,1-2H3,(H,11,13). The number of nitrogens with zero attached hydrogens (tertiary/aromatic N) is 1. The second-order valence-corrected chi connectivity index (χ2v) is 3.86. The molecule has 0 aliphatic carbocycles. The van der Waals surface area contributed by atoms with E-state index in [2.05, 4.69) is 10.3 Å². The molecule has 0 saturated carbocycles. The van der Waals surface area contributed by atoms with Gasteiger partial charge in [0.1, 0.15) is 16.4 Å². The lowest BCUT2D eigenvalue weighted by Gasteiger charge is -2.13. The summed E-state index contributed by atoms with van der Waals surface area (Å²) >= 11 is 5.14. The van der Waals surface area contributed by atoms with Gasteiger partial charge < -0.3 is 9.73 Å². The van der Waals surface area contributed by atoms with E-state index in [1.165, 1.54) is 0 Å². The van der Waals surface area contributed by atoms with E-state index in [1.807, 2.05) is 26.0 Å². The quantitative estimate of drug-likeness (QED) is 0.692. The Kier molecular flexibility index (Phi) is 1.73. The van der Waals surface area contributed by atoms with Crippen LogP contribution in [0.25, 0.3) is 0 Å². The Bertz CT molecular complexity index is 365. The Hall–Kier alpha value is -1.16. The molecule has 0 aromatic carbocycles. The topological polar surface area (TPSA) is 37.5 Å². The number of hydrogen-bond donors (Lipinski definition) is 1. The van der Waals surface area contributed by atoms with Crippen LogP contribution in [0.2, 0.25) is 0 Å². The van der Waals surface area contributed by atoms with Gasteiger partial charge in [-0.2, -0.15) is 0 Å². The Morgan fingerprint density at radius 3 is 2.77 bits per heavy atom. The lowest BCUT2D eigenvalue weighted by molar-refractivity contribution is 0.504. The number of hydrogen-bond acceptors (Lipinski definition) is 3. The third kappa shape index (κ3) is 1.49. The van der Waals surface area contributed by atoms with Crippen molar-refractivity contribution in [2.45, 2.75) is 19.5 Å². The molecule has 0 unspecified atom stereocenters. The zero-order valence-electron chi connectivity index (χ0n) is 7.50. The van der Waals surface area contributed by atoms with Crippen molar-refractivity contribution in [1.29, 1.82) is 0 Å². The van der Waals surface area contributed by atoms with E-state index in [1.54, 1.807) is 6.26 Å². The van der Waals surface area contributed by atoms with E-state index in [4.69, 9.17) is 16.6 Å². The molecule has 0 atom stereocenters. The van der Waals surface area contributed by atoms with Gasteiger partial charge in [0, 0.05) is 0 Å². The van der Waals surface area contributed by atoms with Gasteiger partial charge in [0.25, 0.3) is 0 Å². The van der Waals surface area contributed by atoms with Gasteiger partial charge in [-0.3, -0.25) is 4.99 Å². The molecule has 2 heterocycles. The van der Waals surface area contributed by atoms with Crippen LogP contribution in [-0.4, -0.2) is 16.4 Å². The summed E-state index contributed by atoms with van der Waals surface area (Å²) in [6, 6.07) is 3.68. The molecule has 1 aliphatic heterocycles. The highest BCUT2D eigenvalue weighted by molar-refractivity contribution is 7.82. The van der Waals surface area contributed by atoms with E-state index in [0.717, 1.165) is 11.5 Å². The van der Waals surface area contributed by atoms with E-state index >= 15 is 0 Å². The summed E-state index contributed by atoms with van der Waals surface area (Å²) in [5, 5.41) is 3.10. The summed E-state index contributed by atoms with van der Waals surface area (Å²) in [6.45, 7) is 3.94. The molecule has 0 amide bonds. The lowest BCUT2D eigenvalue weighted by atomic mass is 10.3. The average molecular weight is 194 g/mol. The molecule has 68 valence electrons. The molecular formula is C9H10N2OS. The SMILES string of the molecule is CC1(C)N=C(c2ccco2)C(=S)N1. The fourth-order valence-corrected chi connectivity index (χ4v) is 1.67. The zero-order valence-corrected chi connectivity index (χ0v) is 8.31. The predicted molar refractivity (Wildman–Crippen MR) is 55.1 cm³/mol. The maximum absolute atomic E-state index is 5.22. The van der Waals surface area contributed by atoms with Crippen LogP contribution in [0.1, 0.15) is 19.6 Å². The van der Waals surface area contributed by atoms with Gasteiger partial charge in [0.2, 0.25) is 0 Å². The minimum Gasteiger partial charge on any atom is -0.463 e. The maximum Gasteiger partial charge on any atom is 0.154 e. The van der Waals surface area contributed by atoms with Gasteiger partial charge in [-0.1, -0.05) is 12.2 Å². The normalized spacial score (nSPS) is 19.8. The fourth-order valence-electron chi connectivity index (χ4n) is 1.28. The summed E-state index contributed by atoms with van der Waals surface area (Å²) in [5.41, 5.74) is 0.434.